The van der Waals surface area contributed by atoms with E-state index in [4.69, 9.17) is 10.00 Å². The number of likely N-dealkylation sites (N-methyl/N-ethyl adjacent to an activating group) is 1. The van der Waals surface area contributed by atoms with Crippen molar-refractivity contribution in [3.05, 3.63) is 29.8 Å². The Morgan fingerprint density at radius 2 is 1.84 bits per heavy atom. The minimum Gasteiger partial charge on any atom is -0.492 e. The first-order valence-electron chi connectivity index (χ1n) is 6.77. The van der Waals surface area contributed by atoms with Crippen molar-refractivity contribution in [1.82, 2.24) is 9.80 Å². The lowest BCUT2D eigenvalue weighted by molar-refractivity contribution is 0.134. The third kappa shape index (κ3) is 4.55. The topological polar surface area (TPSA) is 39.5 Å². The molecule has 102 valence electrons. The fourth-order valence-corrected chi connectivity index (χ4v) is 2.16. The molecule has 1 saturated heterocycles. The van der Waals surface area contributed by atoms with E-state index in [0.29, 0.717) is 6.42 Å². The summed E-state index contributed by atoms with van der Waals surface area (Å²) in [7, 11) is 2.16. The van der Waals surface area contributed by atoms with Gasteiger partial charge in [-0.15, -0.1) is 0 Å². The minimum absolute atomic E-state index is 0.460. The first kappa shape index (κ1) is 13.9. The van der Waals surface area contributed by atoms with Crippen LogP contribution in [0.15, 0.2) is 24.3 Å². The molecule has 19 heavy (non-hydrogen) atoms. The van der Waals surface area contributed by atoms with Gasteiger partial charge in [0.05, 0.1) is 12.5 Å². The monoisotopic (exact) mass is 259 g/mol. The average molecular weight is 259 g/mol. The Morgan fingerprint density at radius 3 is 2.47 bits per heavy atom. The van der Waals surface area contributed by atoms with Crippen LogP contribution >= 0.6 is 0 Å². The molecule has 1 heterocycles. The Bertz CT molecular complexity index is 416. The summed E-state index contributed by atoms with van der Waals surface area (Å²) in [5.41, 5.74) is 1.04. The molecule has 0 unspecified atom stereocenters. The summed E-state index contributed by atoms with van der Waals surface area (Å²) >= 11 is 0. The van der Waals surface area contributed by atoms with Crippen molar-refractivity contribution in [2.24, 2.45) is 0 Å². The molecule has 0 spiro atoms. The second-order valence-electron chi connectivity index (χ2n) is 4.97. The summed E-state index contributed by atoms with van der Waals surface area (Å²) in [5, 5.41) is 8.60. The van der Waals surface area contributed by atoms with Gasteiger partial charge in [-0.05, 0) is 24.7 Å². The molecule has 0 saturated carbocycles. The first-order chi connectivity index (χ1) is 9.28. The van der Waals surface area contributed by atoms with Crippen LogP contribution in [-0.2, 0) is 6.42 Å². The summed E-state index contributed by atoms with van der Waals surface area (Å²) in [6.45, 7) is 6.24. The highest BCUT2D eigenvalue weighted by Crippen LogP contribution is 2.12. The van der Waals surface area contributed by atoms with Gasteiger partial charge < -0.3 is 9.64 Å². The number of benzene rings is 1. The second kappa shape index (κ2) is 7.13. The third-order valence-electron chi connectivity index (χ3n) is 3.48. The van der Waals surface area contributed by atoms with Crippen molar-refractivity contribution in [2.75, 3.05) is 46.4 Å². The molecule has 1 aromatic carbocycles. The number of hydrogen-bond donors (Lipinski definition) is 0. The predicted molar refractivity (Wildman–Crippen MR) is 75.2 cm³/mol. The fourth-order valence-electron chi connectivity index (χ4n) is 2.16. The van der Waals surface area contributed by atoms with E-state index in [9.17, 15) is 0 Å². The normalized spacial score (nSPS) is 17.1. The zero-order chi connectivity index (χ0) is 13.5. The zero-order valence-electron chi connectivity index (χ0n) is 11.5. The largest absolute Gasteiger partial charge is 0.492 e. The van der Waals surface area contributed by atoms with E-state index in [2.05, 4.69) is 22.9 Å². The van der Waals surface area contributed by atoms with Crippen LogP contribution in [0, 0.1) is 11.3 Å². The maximum absolute atomic E-state index is 8.60. The average Bonchev–Trinajstić information content (AvgIpc) is 2.43. The molecule has 4 nitrogen and oxygen atoms in total. The molecule has 4 heteroatoms. The molecule has 0 aliphatic carbocycles. The number of hydrogen-bond acceptors (Lipinski definition) is 4. The van der Waals surface area contributed by atoms with Crippen molar-refractivity contribution in [3.63, 3.8) is 0 Å². The maximum Gasteiger partial charge on any atom is 0.119 e. The molecule has 0 bridgehead atoms. The molecular weight excluding hydrogens is 238 g/mol. The first-order valence-corrected chi connectivity index (χ1v) is 6.77. The van der Waals surface area contributed by atoms with E-state index in [1.165, 1.54) is 0 Å². The SMILES string of the molecule is CN1CCN(CCOc2ccc(CC#N)cc2)CC1. The molecule has 0 aromatic heterocycles. The number of piperazine rings is 1. The molecule has 0 atom stereocenters. The molecule has 0 amide bonds. The second-order valence-corrected chi connectivity index (χ2v) is 4.97. The van der Waals surface area contributed by atoms with Crippen molar-refractivity contribution in [3.8, 4) is 11.8 Å². The number of ether oxygens (including phenoxy) is 1. The van der Waals surface area contributed by atoms with Crippen LogP contribution in [0.2, 0.25) is 0 Å². The van der Waals surface area contributed by atoms with Crippen molar-refractivity contribution < 1.29 is 4.74 Å². The minimum atomic E-state index is 0.460. The Hall–Kier alpha value is -1.57. The molecule has 1 aliphatic rings. The van der Waals surface area contributed by atoms with Gasteiger partial charge in [-0.3, -0.25) is 4.90 Å². The lowest BCUT2D eigenvalue weighted by atomic mass is 10.2. The van der Waals surface area contributed by atoms with Gasteiger partial charge in [0.2, 0.25) is 0 Å². The Kier molecular flexibility index (Phi) is 5.20. The summed E-state index contributed by atoms with van der Waals surface area (Å²) < 4.78 is 5.73. The summed E-state index contributed by atoms with van der Waals surface area (Å²) in [6, 6.07) is 9.93. The zero-order valence-corrected chi connectivity index (χ0v) is 11.5. The van der Waals surface area contributed by atoms with Crippen molar-refractivity contribution in [1.29, 1.82) is 5.26 Å². The lowest BCUT2D eigenvalue weighted by Crippen LogP contribution is -2.45. The highest BCUT2D eigenvalue weighted by Gasteiger charge is 2.12. The molecule has 1 fully saturated rings. The van der Waals surface area contributed by atoms with Gasteiger partial charge in [0, 0.05) is 32.7 Å². The van der Waals surface area contributed by atoms with Gasteiger partial charge in [-0.25, -0.2) is 0 Å². The molecule has 1 aliphatic heterocycles. The van der Waals surface area contributed by atoms with E-state index in [-0.39, 0.29) is 0 Å². The Labute approximate surface area is 115 Å². The third-order valence-corrected chi connectivity index (χ3v) is 3.48. The van der Waals surface area contributed by atoms with Gasteiger partial charge in [-0.1, -0.05) is 12.1 Å². The molecule has 0 radical (unpaired) electrons. The van der Waals surface area contributed by atoms with Crippen LogP contribution in [0.1, 0.15) is 5.56 Å². The van der Waals surface area contributed by atoms with Crippen LogP contribution < -0.4 is 4.74 Å². The predicted octanol–water partition coefficient (Wildman–Crippen LogP) is 1.38. The van der Waals surface area contributed by atoms with Gasteiger partial charge in [0.25, 0.3) is 0 Å². The van der Waals surface area contributed by atoms with Gasteiger partial charge in [-0.2, -0.15) is 5.26 Å². The van der Waals surface area contributed by atoms with Crippen molar-refractivity contribution >= 4 is 0 Å². The fraction of sp³-hybridized carbons (Fsp3) is 0.533. The lowest BCUT2D eigenvalue weighted by Gasteiger charge is -2.32. The van der Waals surface area contributed by atoms with E-state index >= 15 is 0 Å². The molecule has 0 N–H and O–H groups in total. The van der Waals surface area contributed by atoms with E-state index in [1.807, 2.05) is 24.3 Å². The molecular formula is C15H21N3O. The highest BCUT2D eigenvalue weighted by atomic mass is 16.5. The van der Waals surface area contributed by atoms with E-state index in [0.717, 1.165) is 50.6 Å². The summed E-state index contributed by atoms with van der Waals surface area (Å²) in [4.78, 5) is 4.79. The smallest absolute Gasteiger partial charge is 0.119 e. The highest BCUT2D eigenvalue weighted by molar-refractivity contribution is 5.28. The van der Waals surface area contributed by atoms with Crippen LogP contribution in [0.5, 0.6) is 5.75 Å². The van der Waals surface area contributed by atoms with Gasteiger partial charge in [0.15, 0.2) is 0 Å². The van der Waals surface area contributed by atoms with Crippen molar-refractivity contribution in [2.45, 2.75) is 6.42 Å². The molecule has 1 aromatic rings. The standard InChI is InChI=1S/C15H21N3O/c1-17-8-10-18(11-9-17)12-13-19-15-4-2-14(3-5-15)6-7-16/h2-5H,6,8-13H2,1H3. The summed E-state index contributed by atoms with van der Waals surface area (Å²) in [5.74, 6) is 0.885. The maximum atomic E-state index is 8.60. The quantitative estimate of drug-likeness (QED) is 0.801. The molecule has 2 rings (SSSR count). The Balaban J connectivity index is 1.69. The van der Waals surface area contributed by atoms with Crippen LogP contribution in [0.4, 0.5) is 0 Å². The number of nitrogens with zero attached hydrogens (tertiary/aromatic N) is 3. The van der Waals surface area contributed by atoms with Crippen LogP contribution in [-0.4, -0.2) is 56.2 Å². The van der Waals surface area contributed by atoms with Gasteiger partial charge >= 0.3 is 0 Å². The van der Waals surface area contributed by atoms with Crippen LogP contribution in [0.25, 0.3) is 0 Å². The van der Waals surface area contributed by atoms with Crippen LogP contribution in [0.3, 0.4) is 0 Å². The number of nitriles is 1. The summed E-state index contributed by atoms with van der Waals surface area (Å²) in [6.07, 6.45) is 0.460. The van der Waals surface area contributed by atoms with E-state index < -0.39 is 0 Å². The van der Waals surface area contributed by atoms with Gasteiger partial charge in [0.1, 0.15) is 12.4 Å². The number of rotatable bonds is 5. The van der Waals surface area contributed by atoms with E-state index in [1.54, 1.807) is 0 Å². The Morgan fingerprint density at radius 1 is 1.16 bits per heavy atom.